The van der Waals surface area contributed by atoms with Crippen molar-refractivity contribution >= 4 is 14.4 Å². The molecule has 0 atom stereocenters. The van der Waals surface area contributed by atoms with Crippen molar-refractivity contribution in [3.8, 4) is 0 Å². The van der Waals surface area contributed by atoms with E-state index in [0.717, 1.165) is 0 Å². The molecule has 0 aliphatic rings. The van der Waals surface area contributed by atoms with E-state index in [1.807, 2.05) is 0 Å². The van der Waals surface area contributed by atoms with Gasteiger partial charge in [-0.2, -0.15) is 0 Å². The minimum absolute atomic E-state index is 0. The van der Waals surface area contributed by atoms with E-state index in [9.17, 15) is 0 Å². The molecule has 4 heteroatoms. The molecular weight excluding hydrogens is 64.8 g/mol. The van der Waals surface area contributed by atoms with Gasteiger partial charge in [-0.15, -0.1) is 0 Å². The van der Waals surface area contributed by atoms with Gasteiger partial charge < -0.3 is 11.5 Å². The Labute approximate surface area is 32.4 Å². The Hall–Kier alpha value is -0.665. The van der Waals surface area contributed by atoms with Crippen molar-refractivity contribution in [2.24, 2.45) is 11.5 Å². The highest BCUT2D eigenvalue weighted by Crippen LogP contribution is 1.13. The van der Waals surface area contributed by atoms with Crippen LogP contribution >= 0.6 is 0 Å². The highest BCUT2D eigenvalue weighted by Gasteiger charge is 1.52. The molecule has 0 saturated carbocycles. The van der Waals surface area contributed by atoms with Crippen LogP contribution in [0.15, 0.2) is 0 Å². The van der Waals surface area contributed by atoms with E-state index in [2.05, 4.69) is 11.5 Å². The summed E-state index contributed by atoms with van der Waals surface area (Å²) in [5.74, 6) is -0.333. The molecule has 0 aliphatic carbocycles. The summed E-state index contributed by atoms with van der Waals surface area (Å²) in [4.78, 5) is 0. The van der Waals surface area contributed by atoms with Crippen LogP contribution in [-0.2, 0) is 0 Å². The fourth-order valence-electron chi connectivity index (χ4n) is 0. The summed E-state index contributed by atoms with van der Waals surface area (Å²) >= 11 is 0. The lowest BCUT2D eigenvalue weighted by molar-refractivity contribution is 1.39. The smallest absolute Gasteiger partial charge is 0.183 e. The van der Waals surface area contributed by atoms with Crippen LogP contribution in [0.4, 0.5) is 0 Å². The molecule has 0 bridgehead atoms. The van der Waals surface area contributed by atoms with Crippen molar-refractivity contribution in [1.29, 1.82) is 5.41 Å². The zero-order valence-corrected chi connectivity index (χ0v) is 2.15. The van der Waals surface area contributed by atoms with E-state index < -0.39 is 0 Å². The van der Waals surface area contributed by atoms with Gasteiger partial charge in [-0.05, 0) is 0 Å². The first kappa shape index (κ1) is 8.84. The summed E-state index contributed by atoms with van der Waals surface area (Å²) in [6.45, 7) is 0. The monoisotopic (exact) mass is 73.1 g/mol. The van der Waals surface area contributed by atoms with E-state index >= 15 is 0 Å². The van der Waals surface area contributed by atoms with Gasteiger partial charge in [-0.25, -0.2) is 0 Å². The Morgan fingerprint density at radius 3 is 1.40 bits per heavy atom. The Bertz CT molecular complexity index is 29.9. The number of hydrogen-bond donors (Lipinski definition) is 3. The third-order valence-electron chi connectivity index (χ3n) is 0. The third-order valence-corrected chi connectivity index (χ3v) is 0. The topological polar surface area (TPSA) is 75.9 Å². The number of guanidine groups is 1. The second-order valence-corrected chi connectivity index (χ2v) is 0.455. The predicted octanol–water partition coefficient (Wildman–Crippen LogP) is -2.35. The Morgan fingerprint density at radius 2 is 1.40 bits per heavy atom. The summed E-state index contributed by atoms with van der Waals surface area (Å²) in [5.41, 5.74) is 8.94. The summed E-state index contributed by atoms with van der Waals surface area (Å²) in [6, 6.07) is 0. The molecule has 0 aliphatic heterocycles. The summed E-state index contributed by atoms with van der Waals surface area (Å²) < 4.78 is 0. The average molecular weight is 72.9 g/mol. The van der Waals surface area contributed by atoms with Crippen molar-refractivity contribution < 1.29 is 0 Å². The van der Waals surface area contributed by atoms with Gasteiger partial charge >= 0.3 is 0 Å². The quantitative estimate of drug-likeness (QED) is 0.170. The van der Waals surface area contributed by atoms with E-state index in [0.29, 0.717) is 0 Å². The Morgan fingerprint density at radius 1 is 1.40 bits per heavy atom. The van der Waals surface area contributed by atoms with Crippen LogP contribution in [0.5, 0.6) is 0 Å². The lowest BCUT2D eigenvalue weighted by Crippen LogP contribution is -2.20. The first-order valence-corrected chi connectivity index (χ1v) is 0.827. The molecule has 0 spiro atoms. The maximum Gasteiger partial charge on any atom is 0.183 e. The van der Waals surface area contributed by atoms with E-state index in [1.54, 1.807) is 0 Å². The Kier molecular flexibility index (Phi) is 5.90. The molecular formula is CH8BN3. The Balaban J connectivity index is 0. The molecule has 0 rings (SSSR count). The number of nitrogens with two attached hydrogens (primary N) is 2. The molecule has 0 unspecified atom stereocenters. The lowest BCUT2D eigenvalue weighted by Gasteiger charge is -1.69. The van der Waals surface area contributed by atoms with Crippen LogP contribution in [0.2, 0.25) is 0 Å². The minimum Gasteiger partial charge on any atom is -0.370 e. The summed E-state index contributed by atoms with van der Waals surface area (Å²) in [5, 5.41) is 6.06. The van der Waals surface area contributed by atoms with Crippen molar-refractivity contribution in [2.45, 2.75) is 0 Å². The van der Waals surface area contributed by atoms with Crippen LogP contribution in [0.1, 0.15) is 0 Å². The molecule has 0 heterocycles. The maximum atomic E-state index is 6.06. The van der Waals surface area contributed by atoms with E-state index in [4.69, 9.17) is 5.41 Å². The molecule has 0 amide bonds. The van der Waals surface area contributed by atoms with Gasteiger partial charge in [0.25, 0.3) is 0 Å². The van der Waals surface area contributed by atoms with Crippen LogP contribution in [-0.4, -0.2) is 14.4 Å². The van der Waals surface area contributed by atoms with Crippen molar-refractivity contribution in [1.82, 2.24) is 0 Å². The predicted molar refractivity (Wildman–Crippen MR) is 26.0 cm³/mol. The molecule has 0 saturated heterocycles. The molecule has 5 heavy (non-hydrogen) atoms. The van der Waals surface area contributed by atoms with Crippen molar-refractivity contribution in [2.75, 3.05) is 0 Å². The van der Waals surface area contributed by atoms with Gasteiger partial charge in [-0.1, -0.05) is 0 Å². The normalized spacial score (nSPS) is 4.80. The van der Waals surface area contributed by atoms with E-state index in [-0.39, 0.29) is 14.4 Å². The minimum atomic E-state index is -0.333. The standard InChI is InChI=1S/CH5N3.BH3/c2-1(3)4;/h(H5,2,3,4);1H3. The van der Waals surface area contributed by atoms with Crippen LogP contribution in [0.3, 0.4) is 0 Å². The molecule has 0 aromatic carbocycles. The molecule has 0 aromatic heterocycles. The number of nitrogens with one attached hydrogen (secondary N) is 1. The van der Waals surface area contributed by atoms with Gasteiger partial charge in [0.2, 0.25) is 0 Å². The molecule has 5 N–H and O–H groups in total. The molecule has 0 aromatic rings. The van der Waals surface area contributed by atoms with Gasteiger partial charge in [0.15, 0.2) is 5.96 Å². The van der Waals surface area contributed by atoms with Gasteiger partial charge in [0, 0.05) is 0 Å². The zero-order valence-electron chi connectivity index (χ0n) is 2.15. The molecule has 30 valence electrons. The van der Waals surface area contributed by atoms with Crippen LogP contribution in [0.25, 0.3) is 0 Å². The average Bonchev–Trinajstić information content (AvgIpc) is 0.811. The molecule has 0 radical (unpaired) electrons. The van der Waals surface area contributed by atoms with Crippen LogP contribution in [0, 0.1) is 5.41 Å². The first-order chi connectivity index (χ1) is 1.73. The SMILES string of the molecule is B.N=C(N)N. The first-order valence-electron chi connectivity index (χ1n) is 0.827. The molecule has 0 fully saturated rings. The third kappa shape index (κ3) is 13.4. The van der Waals surface area contributed by atoms with Crippen LogP contribution < -0.4 is 11.5 Å². The van der Waals surface area contributed by atoms with Gasteiger partial charge in [-0.3, -0.25) is 5.41 Å². The second-order valence-electron chi connectivity index (χ2n) is 0.455. The van der Waals surface area contributed by atoms with E-state index in [1.165, 1.54) is 0 Å². The molecule has 3 nitrogen and oxygen atoms in total. The fraction of sp³-hybridized carbons (Fsp3) is 0. The van der Waals surface area contributed by atoms with Gasteiger partial charge in [0.05, 0.1) is 8.41 Å². The van der Waals surface area contributed by atoms with Gasteiger partial charge in [0.1, 0.15) is 0 Å². The maximum absolute atomic E-state index is 6.06. The highest BCUT2D eigenvalue weighted by molar-refractivity contribution is 5.75. The van der Waals surface area contributed by atoms with Crippen molar-refractivity contribution in [3.05, 3.63) is 0 Å². The second kappa shape index (κ2) is 3.33. The highest BCUT2D eigenvalue weighted by atomic mass is 14.9. The summed E-state index contributed by atoms with van der Waals surface area (Å²) in [7, 11) is 0. The largest absolute Gasteiger partial charge is 0.370 e. The zero-order chi connectivity index (χ0) is 3.58. The number of rotatable bonds is 0. The summed E-state index contributed by atoms with van der Waals surface area (Å²) in [6.07, 6.45) is 0. The lowest BCUT2D eigenvalue weighted by atomic mass is 10.8. The number of hydrogen-bond acceptors (Lipinski definition) is 1. The fourth-order valence-corrected chi connectivity index (χ4v) is 0. The van der Waals surface area contributed by atoms with Crippen molar-refractivity contribution in [3.63, 3.8) is 0 Å².